The molecule has 170 valence electrons. The highest BCUT2D eigenvalue weighted by atomic mass is 32.2. The van der Waals surface area contributed by atoms with Gasteiger partial charge >= 0.3 is 12.1 Å². The summed E-state index contributed by atoms with van der Waals surface area (Å²) in [5, 5.41) is 0. The number of carbonyl (C=O) groups is 1. The Morgan fingerprint density at radius 3 is 2.34 bits per heavy atom. The molecule has 2 aromatic carbocycles. The highest BCUT2D eigenvalue weighted by molar-refractivity contribution is 7.92. The summed E-state index contributed by atoms with van der Waals surface area (Å²) in [5.41, 5.74) is -1.98. The number of esters is 1. The van der Waals surface area contributed by atoms with Crippen molar-refractivity contribution >= 4 is 21.7 Å². The minimum Gasteiger partial charge on any atom is -0.465 e. The van der Waals surface area contributed by atoms with Gasteiger partial charge in [0, 0.05) is 18.5 Å². The second-order valence-corrected chi connectivity index (χ2v) is 8.36. The van der Waals surface area contributed by atoms with E-state index in [4.69, 9.17) is 0 Å². The van der Waals surface area contributed by atoms with Gasteiger partial charge in [-0.25, -0.2) is 17.6 Å². The Labute approximate surface area is 181 Å². The van der Waals surface area contributed by atoms with E-state index in [2.05, 4.69) is 9.46 Å². The van der Waals surface area contributed by atoms with Gasteiger partial charge in [0.2, 0.25) is 0 Å². The number of rotatable bonds is 6. The predicted molar refractivity (Wildman–Crippen MR) is 109 cm³/mol. The third-order valence-corrected chi connectivity index (χ3v) is 6.12. The third kappa shape index (κ3) is 4.62. The average molecular weight is 470 g/mol. The lowest BCUT2D eigenvalue weighted by atomic mass is 10.1. The number of nitrogens with one attached hydrogen (secondary N) is 1. The Balaban J connectivity index is 2.18. The summed E-state index contributed by atoms with van der Waals surface area (Å²) >= 11 is 0. The fraction of sp³-hybridized carbons (Fsp3) is 0.190. The zero-order chi connectivity index (χ0) is 23.7. The number of aromatic nitrogens is 1. The molecule has 1 aromatic heterocycles. The number of hydrogen-bond donors (Lipinski definition) is 1. The summed E-state index contributed by atoms with van der Waals surface area (Å²) in [7, 11) is -3.34. The van der Waals surface area contributed by atoms with E-state index >= 15 is 0 Å². The largest absolute Gasteiger partial charge is 0.465 e. The molecule has 0 bridgehead atoms. The quantitative estimate of drug-likeness (QED) is 0.415. The molecule has 1 heterocycles. The van der Waals surface area contributed by atoms with Crippen LogP contribution in [0, 0.1) is 5.82 Å². The van der Waals surface area contributed by atoms with Crippen LogP contribution in [0.1, 0.15) is 28.4 Å². The van der Waals surface area contributed by atoms with E-state index in [1.807, 2.05) is 0 Å². The molecule has 11 heteroatoms. The van der Waals surface area contributed by atoms with Gasteiger partial charge in [-0.1, -0.05) is 13.0 Å². The molecule has 0 saturated heterocycles. The number of hydrogen-bond acceptors (Lipinski definition) is 4. The number of benzene rings is 2. The van der Waals surface area contributed by atoms with Crippen LogP contribution in [0.5, 0.6) is 0 Å². The topological polar surface area (TPSA) is 77.4 Å². The van der Waals surface area contributed by atoms with E-state index in [0.717, 1.165) is 13.2 Å². The monoisotopic (exact) mass is 470 g/mol. The first-order valence-electron chi connectivity index (χ1n) is 9.26. The Morgan fingerprint density at radius 1 is 1.12 bits per heavy atom. The Kier molecular flexibility index (Phi) is 6.31. The van der Waals surface area contributed by atoms with Crippen LogP contribution >= 0.6 is 0 Å². The SMILES string of the molecule is CCc1ccc(C(=O)OC)cc1S(=O)(=O)Nc1cc(C(F)(F)F)c(F)cc1-n1cccc1. The number of anilines is 1. The molecule has 0 fully saturated rings. The summed E-state index contributed by atoms with van der Waals surface area (Å²) in [4.78, 5) is 11.5. The lowest BCUT2D eigenvalue weighted by Crippen LogP contribution is -2.19. The van der Waals surface area contributed by atoms with Crippen LogP contribution in [0.3, 0.4) is 0 Å². The Bertz CT molecular complexity index is 1250. The fourth-order valence-electron chi connectivity index (χ4n) is 3.11. The highest BCUT2D eigenvalue weighted by Crippen LogP contribution is 2.36. The number of halogens is 4. The summed E-state index contributed by atoms with van der Waals surface area (Å²) in [6.07, 6.45) is -1.93. The molecule has 0 aliphatic heterocycles. The van der Waals surface area contributed by atoms with Crippen LogP contribution in [0.15, 0.2) is 59.8 Å². The molecule has 3 aromatic rings. The molecule has 3 rings (SSSR count). The predicted octanol–water partition coefficient (Wildman–Crippen LogP) is 4.79. The average Bonchev–Trinajstić information content (AvgIpc) is 3.27. The van der Waals surface area contributed by atoms with Crippen molar-refractivity contribution in [3.05, 3.63) is 77.4 Å². The van der Waals surface area contributed by atoms with Crippen molar-refractivity contribution in [3.63, 3.8) is 0 Å². The van der Waals surface area contributed by atoms with Crippen molar-refractivity contribution in [2.75, 3.05) is 11.8 Å². The number of aryl methyl sites for hydroxylation is 1. The molecular formula is C21H18F4N2O4S. The van der Waals surface area contributed by atoms with Gasteiger partial charge in [0.15, 0.2) is 0 Å². The summed E-state index contributed by atoms with van der Waals surface area (Å²) in [6, 6.07) is 7.97. The minimum absolute atomic E-state index is 0.0502. The second kappa shape index (κ2) is 8.65. The van der Waals surface area contributed by atoms with Gasteiger partial charge in [-0.05, 0) is 42.3 Å². The zero-order valence-corrected chi connectivity index (χ0v) is 17.7. The van der Waals surface area contributed by atoms with Crippen LogP contribution < -0.4 is 4.72 Å². The van der Waals surface area contributed by atoms with Gasteiger partial charge in [-0.3, -0.25) is 4.72 Å². The van der Waals surface area contributed by atoms with Crippen LogP contribution in [-0.2, 0) is 27.4 Å². The smallest absolute Gasteiger partial charge is 0.419 e. The molecule has 0 aliphatic carbocycles. The molecule has 0 unspecified atom stereocenters. The summed E-state index contributed by atoms with van der Waals surface area (Å²) < 4.78 is 88.4. The zero-order valence-electron chi connectivity index (χ0n) is 16.9. The van der Waals surface area contributed by atoms with E-state index in [1.54, 1.807) is 19.1 Å². The molecule has 1 N–H and O–H groups in total. The molecule has 0 aliphatic rings. The van der Waals surface area contributed by atoms with Crippen molar-refractivity contribution in [2.45, 2.75) is 24.4 Å². The van der Waals surface area contributed by atoms with Crippen molar-refractivity contribution in [3.8, 4) is 5.69 Å². The van der Waals surface area contributed by atoms with E-state index in [0.29, 0.717) is 17.7 Å². The van der Waals surface area contributed by atoms with E-state index in [-0.39, 0.29) is 22.6 Å². The van der Waals surface area contributed by atoms with E-state index < -0.39 is 39.2 Å². The number of methoxy groups -OCH3 is 1. The van der Waals surface area contributed by atoms with Crippen molar-refractivity contribution in [1.29, 1.82) is 0 Å². The third-order valence-electron chi connectivity index (χ3n) is 4.68. The van der Waals surface area contributed by atoms with Gasteiger partial charge < -0.3 is 9.30 Å². The Morgan fingerprint density at radius 2 is 1.78 bits per heavy atom. The minimum atomic E-state index is -5.04. The maximum atomic E-state index is 14.2. The molecule has 6 nitrogen and oxygen atoms in total. The molecule has 0 radical (unpaired) electrons. The number of ether oxygens (including phenoxy) is 1. The summed E-state index contributed by atoms with van der Waals surface area (Å²) in [6.45, 7) is 1.68. The molecule has 0 atom stereocenters. The van der Waals surface area contributed by atoms with Gasteiger partial charge in [0.1, 0.15) is 5.82 Å². The normalized spacial score (nSPS) is 11.9. The second-order valence-electron chi connectivity index (χ2n) is 6.71. The van der Waals surface area contributed by atoms with Crippen LogP contribution in [0.2, 0.25) is 0 Å². The van der Waals surface area contributed by atoms with Crippen LogP contribution in [0.4, 0.5) is 23.2 Å². The Hall–Kier alpha value is -3.34. The maximum Gasteiger partial charge on any atom is 0.419 e. The molecule has 32 heavy (non-hydrogen) atoms. The van der Waals surface area contributed by atoms with E-state index in [9.17, 15) is 30.8 Å². The van der Waals surface area contributed by atoms with Crippen LogP contribution in [0.25, 0.3) is 5.69 Å². The first-order chi connectivity index (χ1) is 15.0. The fourth-order valence-corrected chi connectivity index (χ4v) is 4.51. The van der Waals surface area contributed by atoms with Gasteiger partial charge in [-0.15, -0.1) is 0 Å². The lowest BCUT2D eigenvalue weighted by molar-refractivity contribution is -0.139. The van der Waals surface area contributed by atoms with Gasteiger partial charge in [0.25, 0.3) is 10.0 Å². The van der Waals surface area contributed by atoms with Crippen molar-refractivity contribution < 1.29 is 35.5 Å². The molecule has 0 spiro atoms. The number of carbonyl (C=O) groups excluding carboxylic acids is 1. The molecule has 0 saturated carbocycles. The first kappa shape index (κ1) is 23.3. The standard InChI is InChI=1S/C21H18F4N2O4S/c1-3-13-6-7-14(20(28)31-2)10-19(13)32(29,30)26-17-11-15(21(23,24)25)16(22)12-18(17)27-8-4-5-9-27/h4-12,26H,3H2,1-2H3. The van der Waals surface area contributed by atoms with Gasteiger partial charge in [0.05, 0.1) is 34.5 Å². The summed E-state index contributed by atoms with van der Waals surface area (Å²) in [5.74, 6) is -2.33. The lowest BCUT2D eigenvalue weighted by Gasteiger charge is -2.18. The van der Waals surface area contributed by atoms with E-state index in [1.165, 1.54) is 29.1 Å². The number of sulfonamides is 1. The molecule has 0 amide bonds. The number of nitrogens with zero attached hydrogens (tertiary/aromatic N) is 1. The highest BCUT2D eigenvalue weighted by Gasteiger charge is 2.36. The van der Waals surface area contributed by atoms with Gasteiger partial charge in [-0.2, -0.15) is 13.2 Å². The first-order valence-corrected chi connectivity index (χ1v) is 10.7. The van der Waals surface area contributed by atoms with Crippen LogP contribution in [-0.4, -0.2) is 26.1 Å². The maximum absolute atomic E-state index is 14.2. The van der Waals surface area contributed by atoms with Crippen molar-refractivity contribution in [1.82, 2.24) is 4.57 Å². The number of alkyl halides is 3. The van der Waals surface area contributed by atoms with Crippen molar-refractivity contribution in [2.24, 2.45) is 0 Å². The molecular weight excluding hydrogens is 452 g/mol.